The van der Waals surface area contributed by atoms with E-state index >= 15 is 0 Å². The van der Waals surface area contributed by atoms with Gasteiger partial charge in [0.15, 0.2) is 0 Å². The van der Waals surface area contributed by atoms with Crippen LogP contribution < -0.4 is 15.0 Å². The minimum absolute atomic E-state index is 0.0224. The third kappa shape index (κ3) is 4.15. The Balaban J connectivity index is 2.14. The van der Waals surface area contributed by atoms with E-state index in [0.717, 1.165) is 0 Å². The van der Waals surface area contributed by atoms with Crippen LogP contribution in [0.15, 0.2) is 0 Å². The van der Waals surface area contributed by atoms with Gasteiger partial charge in [-0.2, -0.15) is 15.0 Å². The fraction of sp³-hybridized carbons (Fsp3) is 0.727. The number of rotatable bonds is 7. The molecule has 2 heterocycles. The molecular formula is C11H19N5O4. The number of hydrogen-bond acceptors (Lipinski definition) is 9. The molecule has 20 heavy (non-hydrogen) atoms. The van der Waals surface area contributed by atoms with Crippen LogP contribution in [0.4, 0.5) is 11.9 Å². The van der Waals surface area contributed by atoms with E-state index in [-0.39, 0.29) is 25.8 Å². The summed E-state index contributed by atoms with van der Waals surface area (Å²) in [6.45, 7) is 2.96. The van der Waals surface area contributed by atoms with Gasteiger partial charge in [-0.15, -0.1) is 0 Å². The predicted molar refractivity (Wildman–Crippen MR) is 71.0 cm³/mol. The summed E-state index contributed by atoms with van der Waals surface area (Å²) in [6, 6.07) is 0.149. The van der Waals surface area contributed by atoms with Gasteiger partial charge < -0.3 is 29.9 Å². The molecule has 1 aromatic heterocycles. The monoisotopic (exact) mass is 285 g/mol. The van der Waals surface area contributed by atoms with E-state index in [1.165, 1.54) is 0 Å². The lowest BCUT2D eigenvalue weighted by atomic mass is 10.4. The summed E-state index contributed by atoms with van der Waals surface area (Å²) in [5.41, 5.74) is 0. The molecule has 1 aromatic rings. The molecule has 2 rings (SSSR count). The molecule has 9 nitrogen and oxygen atoms in total. The van der Waals surface area contributed by atoms with Crippen LogP contribution in [-0.4, -0.2) is 77.8 Å². The standard InChI is InChI=1S/C11H19N5O4/c17-4-1-12-9-13-10(16-2-6-19-7-3-16)15-11(14-9)20-8-5-18/h17-18H,1-8H2,(H,12,13,14,15). The fourth-order valence-corrected chi connectivity index (χ4v) is 1.70. The normalized spacial score (nSPS) is 15.2. The smallest absolute Gasteiger partial charge is 0.323 e. The van der Waals surface area contributed by atoms with Crippen molar-refractivity contribution in [2.24, 2.45) is 0 Å². The van der Waals surface area contributed by atoms with Gasteiger partial charge in [0.25, 0.3) is 0 Å². The minimum Gasteiger partial charge on any atom is -0.461 e. The van der Waals surface area contributed by atoms with Gasteiger partial charge in [0, 0.05) is 19.6 Å². The lowest BCUT2D eigenvalue weighted by Gasteiger charge is -2.26. The van der Waals surface area contributed by atoms with E-state index in [1.54, 1.807) is 0 Å². The molecule has 0 radical (unpaired) electrons. The first kappa shape index (κ1) is 14.7. The summed E-state index contributed by atoms with van der Waals surface area (Å²) >= 11 is 0. The zero-order valence-electron chi connectivity index (χ0n) is 11.2. The van der Waals surface area contributed by atoms with Gasteiger partial charge in [-0.1, -0.05) is 0 Å². The van der Waals surface area contributed by atoms with Gasteiger partial charge >= 0.3 is 6.01 Å². The van der Waals surface area contributed by atoms with Crippen LogP contribution in [0.25, 0.3) is 0 Å². The Morgan fingerprint density at radius 1 is 1.15 bits per heavy atom. The van der Waals surface area contributed by atoms with Crippen LogP contribution in [0.1, 0.15) is 0 Å². The molecule has 0 saturated carbocycles. The number of morpholine rings is 1. The lowest BCUT2D eigenvalue weighted by Crippen LogP contribution is -2.37. The largest absolute Gasteiger partial charge is 0.461 e. The number of nitrogens with one attached hydrogen (secondary N) is 1. The highest BCUT2D eigenvalue weighted by molar-refractivity contribution is 5.38. The van der Waals surface area contributed by atoms with Crippen molar-refractivity contribution >= 4 is 11.9 Å². The average Bonchev–Trinajstić information content (AvgIpc) is 2.51. The van der Waals surface area contributed by atoms with Gasteiger partial charge in [0.05, 0.1) is 26.4 Å². The minimum atomic E-state index is -0.113. The molecule has 1 aliphatic rings. The molecule has 3 N–H and O–H groups in total. The first-order valence-corrected chi connectivity index (χ1v) is 6.50. The predicted octanol–water partition coefficient (Wildman–Crippen LogP) is -1.52. The average molecular weight is 285 g/mol. The first-order valence-electron chi connectivity index (χ1n) is 6.50. The number of aromatic nitrogens is 3. The third-order valence-corrected chi connectivity index (χ3v) is 2.61. The van der Waals surface area contributed by atoms with Crippen molar-refractivity contribution in [2.45, 2.75) is 0 Å². The van der Waals surface area contributed by atoms with Gasteiger partial charge in [0.1, 0.15) is 6.61 Å². The van der Waals surface area contributed by atoms with E-state index < -0.39 is 0 Å². The van der Waals surface area contributed by atoms with Crippen LogP contribution in [0.5, 0.6) is 6.01 Å². The molecule has 112 valence electrons. The molecule has 0 atom stereocenters. The molecule has 1 fully saturated rings. The van der Waals surface area contributed by atoms with Crippen molar-refractivity contribution in [3.05, 3.63) is 0 Å². The fourth-order valence-electron chi connectivity index (χ4n) is 1.70. The topological polar surface area (TPSA) is 113 Å². The Kier molecular flexibility index (Phi) is 5.71. The number of ether oxygens (including phenoxy) is 2. The second kappa shape index (κ2) is 7.78. The maximum atomic E-state index is 8.83. The van der Waals surface area contributed by atoms with Crippen molar-refractivity contribution in [2.75, 3.05) is 62.9 Å². The number of nitrogens with zero attached hydrogens (tertiary/aromatic N) is 4. The molecule has 0 bridgehead atoms. The Morgan fingerprint density at radius 3 is 2.65 bits per heavy atom. The zero-order chi connectivity index (χ0) is 14.2. The third-order valence-electron chi connectivity index (χ3n) is 2.61. The van der Waals surface area contributed by atoms with Crippen LogP contribution in [-0.2, 0) is 4.74 Å². The molecule has 0 aliphatic carbocycles. The van der Waals surface area contributed by atoms with E-state index in [2.05, 4.69) is 20.3 Å². The number of hydrogen-bond donors (Lipinski definition) is 3. The molecule has 1 aliphatic heterocycles. The van der Waals surface area contributed by atoms with Gasteiger partial charge in [-0.25, -0.2) is 0 Å². The van der Waals surface area contributed by atoms with Gasteiger partial charge in [-0.05, 0) is 0 Å². The van der Waals surface area contributed by atoms with Crippen molar-refractivity contribution in [3.8, 4) is 6.01 Å². The second-order valence-electron chi connectivity index (χ2n) is 4.06. The molecule has 9 heteroatoms. The van der Waals surface area contributed by atoms with E-state index in [9.17, 15) is 0 Å². The zero-order valence-corrected chi connectivity index (χ0v) is 11.2. The molecule has 0 unspecified atom stereocenters. The summed E-state index contributed by atoms with van der Waals surface area (Å²) in [5.74, 6) is 0.833. The Bertz CT molecular complexity index is 388. The molecule has 0 aromatic carbocycles. The molecule has 1 saturated heterocycles. The summed E-state index contributed by atoms with van der Waals surface area (Å²) in [4.78, 5) is 14.5. The molecular weight excluding hydrogens is 266 g/mol. The van der Waals surface area contributed by atoms with Crippen molar-refractivity contribution in [1.82, 2.24) is 15.0 Å². The SMILES string of the molecule is OCCNc1nc(OCCO)nc(N2CCOCC2)n1. The Labute approximate surface area is 116 Å². The van der Waals surface area contributed by atoms with Crippen molar-refractivity contribution < 1.29 is 19.7 Å². The van der Waals surface area contributed by atoms with Crippen LogP contribution in [0.3, 0.4) is 0 Å². The highest BCUT2D eigenvalue weighted by Crippen LogP contribution is 2.16. The summed E-state index contributed by atoms with van der Waals surface area (Å²) in [7, 11) is 0. The quantitative estimate of drug-likeness (QED) is 0.550. The van der Waals surface area contributed by atoms with Crippen LogP contribution >= 0.6 is 0 Å². The summed E-state index contributed by atoms with van der Waals surface area (Å²) in [6.07, 6.45) is 0. The Morgan fingerprint density at radius 2 is 1.95 bits per heavy atom. The highest BCUT2D eigenvalue weighted by atomic mass is 16.5. The van der Waals surface area contributed by atoms with Gasteiger partial charge in [-0.3, -0.25) is 0 Å². The van der Waals surface area contributed by atoms with Crippen LogP contribution in [0.2, 0.25) is 0 Å². The summed E-state index contributed by atoms with van der Waals surface area (Å²) < 4.78 is 10.5. The number of aliphatic hydroxyl groups excluding tert-OH is 2. The second-order valence-corrected chi connectivity index (χ2v) is 4.06. The number of anilines is 2. The maximum absolute atomic E-state index is 8.83. The molecule has 0 amide bonds. The van der Waals surface area contributed by atoms with Crippen LogP contribution in [0, 0.1) is 0 Å². The van der Waals surface area contributed by atoms with E-state index in [1.807, 2.05) is 4.90 Å². The Hall–Kier alpha value is -1.71. The lowest BCUT2D eigenvalue weighted by molar-refractivity contribution is 0.122. The highest BCUT2D eigenvalue weighted by Gasteiger charge is 2.17. The first-order chi connectivity index (χ1) is 9.83. The maximum Gasteiger partial charge on any atom is 0.323 e. The molecule has 0 spiro atoms. The van der Waals surface area contributed by atoms with E-state index in [0.29, 0.717) is 44.7 Å². The number of aliphatic hydroxyl groups is 2. The van der Waals surface area contributed by atoms with Gasteiger partial charge in [0.2, 0.25) is 11.9 Å². The summed E-state index contributed by atoms with van der Waals surface area (Å²) in [5, 5.41) is 20.5. The van der Waals surface area contributed by atoms with E-state index in [4.69, 9.17) is 19.7 Å². The van der Waals surface area contributed by atoms with Crippen molar-refractivity contribution in [1.29, 1.82) is 0 Å². The van der Waals surface area contributed by atoms with Crippen molar-refractivity contribution in [3.63, 3.8) is 0 Å².